The van der Waals surface area contributed by atoms with Crippen LogP contribution in [0, 0.1) is 6.08 Å². The topological polar surface area (TPSA) is 9.23 Å². The average molecular weight is 374 g/mol. The van der Waals surface area contributed by atoms with Crippen molar-refractivity contribution in [2.45, 2.75) is 45.1 Å². The molecule has 1 radical (unpaired) electrons. The molecule has 0 heterocycles. The van der Waals surface area contributed by atoms with Crippen LogP contribution < -0.4 is 24.8 Å². The fraction of sp³-hybridized carbons (Fsp3) is 0.444. The number of hydrogen-bond acceptors (Lipinski definition) is 1. The molecule has 0 amide bonds. The molecule has 1 nitrogen and oxygen atoms in total. The Hall–Kier alpha value is -0.0457. The van der Waals surface area contributed by atoms with Gasteiger partial charge in [-0.05, 0) is 18.4 Å². The molecular formula is C18H23Cl2OTi. The van der Waals surface area contributed by atoms with E-state index in [4.69, 9.17) is 4.74 Å². The molecule has 0 bridgehead atoms. The molecule has 1 aliphatic rings. The van der Waals surface area contributed by atoms with Gasteiger partial charge in [-0.1, -0.05) is 50.1 Å². The van der Waals surface area contributed by atoms with Crippen LogP contribution >= 0.6 is 0 Å². The predicted octanol–water partition coefficient (Wildman–Crippen LogP) is -0.980. The van der Waals surface area contributed by atoms with E-state index < -0.39 is 0 Å². The molecule has 0 aliphatic heterocycles. The first kappa shape index (κ1) is 24.2. The maximum atomic E-state index is 6.06. The second kappa shape index (κ2) is 14.5. The van der Waals surface area contributed by atoms with Crippen molar-refractivity contribution in [3.63, 3.8) is 0 Å². The Kier molecular flexibility index (Phi) is 16.0. The third kappa shape index (κ3) is 8.55. The third-order valence-corrected chi connectivity index (χ3v) is 3.43. The number of allylic oxidation sites excluding steroid dienone is 4. The SMILES string of the molecule is CCCCOC(CCC1=[C-]CC=C1)c1ccccc1.[Cl-].[Cl-].[Ti+3]. The Labute approximate surface area is 162 Å². The molecule has 1 atom stereocenters. The molecule has 22 heavy (non-hydrogen) atoms. The van der Waals surface area contributed by atoms with E-state index in [1.807, 2.05) is 0 Å². The van der Waals surface area contributed by atoms with Crippen molar-refractivity contribution in [2.75, 3.05) is 6.61 Å². The maximum Gasteiger partial charge on any atom is 3.00 e. The number of halogens is 2. The van der Waals surface area contributed by atoms with Crippen LogP contribution in [0.15, 0.2) is 48.1 Å². The number of rotatable bonds is 8. The van der Waals surface area contributed by atoms with Gasteiger partial charge < -0.3 is 29.6 Å². The van der Waals surface area contributed by atoms with Gasteiger partial charge in [-0.2, -0.15) is 6.08 Å². The number of unbranched alkanes of at least 4 members (excludes halogenated alkanes) is 1. The van der Waals surface area contributed by atoms with Gasteiger partial charge in [0.2, 0.25) is 0 Å². The van der Waals surface area contributed by atoms with Crippen molar-refractivity contribution in [3.8, 4) is 0 Å². The normalized spacial score (nSPS) is 13.4. The molecule has 2 rings (SSSR count). The van der Waals surface area contributed by atoms with Gasteiger partial charge in [-0.25, -0.2) is 11.6 Å². The van der Waals surface area contributed by atoms with E-state index >= 15 is 0 Å². The molecule has 4 heteroatoms. The van der Waals surface area contributed by atoms with Gasteiger partial charge in [0.25, 0.3) is 0 Å². The molecule has 119 valence electrons. The van der Waals surface area contributed by atoms with Crippen molar-refractivity contribution in [1.29, 1.82) is 0 Å². The second-order valence-electron chi connectivity index (χ2n) is 4.97. The van der Waals surface area contributed by atoms with Crippen LogP contribution in [-0.4, -0.2) is 6.61 Å². The zero-order chi connectivity index (χ0) is 13.3. The molecule has 1 unspecified atom stereocenters. The molecule has 1 aromatic carbocycles. The van der Waals surface area contributed by atoms with Crippen molar-refractivity contribution in [3.05, 3.63) is 59.7 Å². The van der Waals surface area contributed by atoms with Crippen molar-refractivity contribution < 1.29 is 51.3 Å². The first-order valence-electron chi connectivity index (χ1n) is 7.33. The minimum absolute atomic E-state index is 0. The van der Waals surface area contributed by atoms with Crippen molar-refractivity contribution >= 4 is 0 Å². The van der Waals surface area contributed by atoms with Gasteiger partial charge in [0, 0.05) is 6.61 Å². The summed E-state index contributed by atoms with van der Waals surface area (Å²) in [5, 5.41) is 0. The van der Waals surface area contributed by atoms with E-state index in [9.17, 15) is 0 Å². The maximum absolute atomic E-state index is 6.06. The Morgan fingerprint density at radius 3 is 2.50 bits per heavy atom. The molecule has 0 aromatic heterocycles. The van der Waals surface area contributed by atoms with E-state index in [2.05, 4.69) is 55.5 Å². The summed E-state index contributed by atoms with van der Waals surface area (Å²) < 4.78 is 6.06. The van der Waals surface area contributed by atoms with Crippen molar-refractivity contribution in [1.82, 2.24) is 0 Å². The number of hydrogen-bond donors (Lipinski definition) is 0. The minimum Gasteiger partial charge on any atom is -1.00 e. The van der Waals surface area contributed by atoms with Gasteiger partial charge in [-0.3, -0.25) is 6.08 Å². The van der Waals surface area contributed by atoms with Gasteiger partial charge in [0.05, 0.1) is 6.10 Å². The molecule has 0 spiro atoms. The van der Waals surface area contributed by atoms with Crippen LogP contribution in [0.4, 0.5) is 0 Å². The zero-order valence-electron chi connectivity index (χ0n) is 13.0. The molecule has 0 saturated heterocycles. The van der Waals surface area contributed by atoms with E-state index in [0.29, 0.717) is 0 Å². The first-order valence-corrected chi connectivity index (χ1v) is 7.33. The van der Waals surface area contributed by atoms with Gasteiger partial charge in [0.15, 0.2) is 0 Å². The summed E-state index contributed by atoms with van der Waals surface area (Å²) in [6, 6.07) is 10.6. The van der Waals surface area contributed by atoms with Crippen LogP contribution in [0.2, 0.25) is 0 Å². The fourth-order valence-corrected chi connectivity index (χ4v) is 2.29. The van der Waals surface area contributed by atoms with Gasteiger partial charge >= 0.3 is 21.7 Å². The van der Waals surface area contributed by atoms with E-state index in [1.165, 1.54) is 17.6 Å². The summed E-state index contributed by atoms with van der Waals surface area (Å²) in [7, 11) is 0. The first-order chi connectivity index (χ1) is 9.40. The molecule has 0 fully saturated rings. The smallest absolute Gasteiger partial charge is 1.00 e. The van der Waals surface area contributed by atoms with Crippen LogP contribution in [0.3, 0.4) is 0 Å². The second-order valence-corrected chi connectivity index (χ2v) is 4.97. The monoisotopic (exact) mass is 373 g/mol. The van der Waals surface area contributed by atoms with E-state index in [-0.39, 0.29) is 52.6 Å². The van der Waals surface area contributed by atoms with Crippen molar-refractivity contribution in [2.24, 2.45) is 0 Å². The predicted molar refractivity (Wildman–Crippen MR) is 79.8 cm³/mol. The number of ether oxygens (including phenoxy) is 1. The average Bonchev–Trinajstić information content (AvgIpc) is 2.97. The summed E-state index contributed by atoms with van der Waals surface area (Å²) in [4.78, 5) is 0. The summed E-state index contributed by atoms with van der Waals surface area (Å²) in [5.41, 5.74) is 2.63. The largest absolute Gasteiger partial charge is 3.00 e. The Balaban J connectivity index is 0. The molecule has 1 aliphatic carbocycles. The summed E-state index contributed by atoms with van der Waals surface area (Å²) in [6.07, 6.45) is 13.4. The summed E-state index contributed by atoms with van der Waals surface area (Å²) >= 11 is 0. The van der Waals surface area contributed by atoms with E-state index in [0.717, 1.165) is 32.3 Å². The van der Waals surface area contributed by atoms with Crippen LogP contribution in [0.1, 0.15) is 50.7 Å². The van der Waals surface area contributed by atoms with Gasteiger partial charge in [-0.15, -0.1) is 6.42 Å². The minimum atomic E-state index is 0. The molecule has 1 aromatic rings. The Morgan fingerprint density at radius 2 is 1.91 bits per heavy atom. The van der Waals surface area contributed by atoms with Gasteiger partial charge in [0.1, 0.15) is 0 Å². The standard InChI is InChI=1S/C18H23O.2ClH.Ti/c1-2-3-15-19-18(17-11-5-4-6-12-17)14-13-16-9-7-8-10-16;;;/h4-7,9,11-12,18H,2-3,8,13-15H2,1H3;2*1H;/q-1;;;+3/p-2. The summed E-state index contributed by atoms with van der Waals surface area (Å²) in [6.45, 7) is 3.05. The zero-order valence-corrected chi connectivity index (χ0v) is 16.1. The van der Waals surface area contributed by atoms with E-state index in [1.54, 1.807) is 0 Å². The number of benzene rings is 1. The molecule has 0 N–H and O–H groups in total. The molecular weight excluding hydrogens is 351 g/mol. The summed E-state index contributed by atoms with van der Waals surface area (Å²) in [5.74, 6) is 0. The van der Waals surface area contributed by atoms with Crippen LogP contribution in [0.5, 0.6) is 0 Å². The quantitative estimate of drug-likeness (QED) is 0.323. The van der Waals surface area contributed by atoms with Crippen LogP contribution in [-0.2, 0) is 26.5 Å². The molecule has 0 saturated carbocycles. The Morgan fingerprint density at radius 1 is 1.18 bits per heavy atom. The third-order valence-electron chi connectivity index (χ3n) is 3.43. The Bertz CT molecular complexity index is 432. The van der Waals surface area contributed by atoms with Crippen LogP contribution in [0.25, 0.3) is 0 Å². The fourth-order valence-electron chi connectivity index (χ4n) is 2.29.